The highest BCUT2D eigenvalue weighted by molar-refractivity contribution is 6.32. The maximum atomic E-state index is 13.2. The standard InChI is InChI=1S/C24H32Cl2FNO2/c1-3-5-6-7-8-9-12-28-16-18-13-22(26)24(23(14-18)29-4-2)30-17-19-10-11-20(27)15-21(19)25/h10-11,13-15,28H,3-9,12,16-17H2,1-2H3. The molecule has 0 amide bonds. The van der Waals surface area contributed by atoms with Gasteiger partial charge in [-0.3, -0.25) is 0 Å². The molecular weight excluding hydrogens is 424 g/mol. The molecule has 0 bridgehead atoms. The second kappa shape index (κ2) is 13.7. The van der Waals surface area contributed by atoms with E-state index in [-0.39, 0.29) is 12.4 Å². The van der Waals surface area contributed by atoms with E-state index in [1.807, 2.05) is 19.1 Å². The Morgan fingerprint density at radius 3 is 2.40 bits per heavy atom. The number of benzene rings is 2. The van der Waals surface area contributed by atoms with Gasteiger partial charge < -0.3 is 14.8 Å². The van der Waals surface area contributed by atoms with Crippen molar-refractivity contribution in [1.29, 1.82) is 0 Å². The molecule has 0 saturated carbocycles. The van der Waals surface area contributed by atoms with Gasteiger partial charge in [0.25, 0.3) is 0 Å². The first-order valence-corrected chi connectivity index (χ1v) is 11.5. The molecule has 0 unspecified atom stereocenters. The minimum atomic E-state index is -0.380. The molecule has 0 spiro atoms. The Morgan fingerprint density at radius 2 is 1.67 bits per heavy atom. The second-order valence-corrected chi connectivity index (χ2v) is 8.12. The number of hydrogen-bond donors (Lipinski definition) is 1. The van der Waals surface area contributed by atoms with E-state index in [2.05, 4.69) is 12.2 Å². The van der Waals surface area contributed by atoms with Crippen molar-refractivity contribution in [3.63, 3.8) is 0 Å². The predicted molar refractivity (Wildman–Crippen MR) is 123 cm³/mol. The Morgan fingerprint density at radius 1 is 0.900 bits per heavy atom. The predicted octanol–water partition coefficient (Wildman–Crippen LogP) is 7.56. The van der Waals surface area contributed by atoms with Crippen molar-refractivity contribution >= 4 is 23.2 Å². The van der Waals surface area contributed by atoms with Crippen LogP contribution < -0.4 is 14.8 Å². The summed E-state index contributed by atoms with van der Waals surface area (Å²) in [5.41, 5.74) is 1.72. The van der Waals surface area contributed by atoms with Crippen molar-refractivity contribution in [3.8, 4) is 11.5 Å². The summed E-state index contributed by atoms with van der Waals surface area (Å²) in [6.45, 7) is 6.52. The van der Waals surface area contributed by atoms with Crippen molar-refractivity contribution < 1.29 is 13.9 Å². The fourth-order valence-electron chi connectivity index (χ4n) is 3.18. The van der Waals surface area contributed by atoms with E-state index in [0.29, 0.717) is 33.7 Å². The highest BCUT2D eigenvalue weighted by atomic mass is 35.5. The molecule has 1 N–H and O–H groups in total. The number of halogens is 3. The zero-order chi connectivity index (χ0) is 21.8. The number of rotatable bonds is 14. The fourth-order valence-corrected chi connectivity index (χ4v) is 3.69. The number of unbranched alkanes of at least 4 members (excludes halogenated alkanes) is 5. The first-order chi connectivity index (χ1) is 14.5. The van der Waals surface area contributed by atoms with Crippen LogP contribution in [0, 0.1) is 5.82 Å². The van der Waals surface area contributed by atoms with E-state index in [1.165, 1.54) is 50.7 Å². The van der Waals surface area contributed by atoms with Gasteiger partial charge in [-0.2, -0.15) is 0 Å². The molecule has 0 fully saturated rings. The highest BCUT2D eigenvalue weighted by Crippen LogP contribution is 2.37. The van der Waals surface area contributed by atoms with Crippen molar-refractivity contribution in [3.05, 3.63) is 57.3 Å². The maximum Gasteiger partial charge on any atom is 0.180 e. The minimum Gasteiger partial charge on any atom is -0.490 e. The number of ether oxygens (including phenoxy) is 2. The summed E-state index contributed by atoms with van der Waals surface area (Å²) < 4.78 is 24.9. The molecular formula is C24H32Cl2FNO2. The lowest BCUT2D eigenvalue weighted by molar-refractivity contribution is 0.269. The van der Waals surface area contributed by atoms with Crippen molar-refractivity contribution in [2.75, 3.05) is 13.2 Å². The van der Waals surface area contributed by atoms with E-state index in [1.54, 1.807) is 6.07 Å². The lowest BCUT2D eigenvalue weighted by atomic mass is 10.1. The fraction of sp³-hybridized carbons (Fsp3) is 0.500. The van der Waals surface area contributed by atoms with E-state index < -0.39 is 0 Å². The van der Waals surface area contributed by atoms with Gasteiger partial charge in [-0.1, -0.05) is 68.3 Å². The van der Waals surface area contributed by atoms with Gasteiger partial charge >= 0.3 is 0 Å². The summed E-state index contributed by atoms with van der Waals surface area (Å²) in [4.78, 5) is 0. The molecule has 6 heteroatoms. The third-order valence-electron chi connectivity index (χ3n) is 4.79. The van der Waals surface area contributed by atoms with Crippen LogP contribution >= 0.6 is 23.2 Å². The Kier molecular flexibility index (Phi) is 11.3. The van der Waals surface area contributed by atoms with Crippen LogP contribution in [-0.2, 0) is 13.2 Å². The van der Waals surface area contributed by atoms with Crippen LogP contribution in [0.3, 0.4) is 0 Å². The maximum absolute atomic E-state index is 13.2. The molecule has 3 nitrogen and oxygen atoms in total. The van der Waals surface area contributed by atoms with Crippen LogP contribution in [0.1, 0.15) is 63.5 Å². The normalized spacial score (nSPS) is 11.0. The van der Waals surface area contributed by atoms with Gasteiger partial charge in [0.1, 0.15) is 12.4 Å². The second-order valence-electron chi connectivity index (χ2n) is 7.31. The van der Waals surface area contributed by atoms with Crippen LogP contribution in [0.4, 0.5) is 4.39 Å². The zero-order valence-corrected chi connectivity index (χ0v) is 19.4. The summed E-state index contributed by atoms with van der Waals surface area (Å²) in [6.07, 6.45) is 7.67. The quantitative estimate of drug-likeness (QED) is 0.298. The summed E-state index contributed by atoms with van der Waals surface area (Å²) in [5, 5.41) is 4.27. The van der Waals surface area contributed by atoms with Crippen LogP contribution in [0.25, 0.3) is 0 Å². The van der Waals surface area contributed by atoms with Gasteiger partial charge in [0.05, 0.1) is 16.7 Å². The first-order valence-electron chi connectivity index (χ1n) is 10.8. The smallest absolute Gasteiger partial charge is 0.180 e. The SMILES string of the molecule is CCCCCCCCNCc1cc(Cl)c(OCc2ccc(F)cc2Cl)c(OCC)c1. The molecule has 0 radical (unpaired) electrons. The molecule has 30 heavy (non-hydrogen) atoms. The lowest BCUT2D eigenvalue weighted by Crippen LogP contribution is -2.15. The average Bonchev–Trinajstić information content (AvgIpc) is 2.71. The minimum absolute atomic E-state index is 0.175. The van der Waals surface area contributed by atoms with E-state index in [9.17, 15) is 4.39 Å². The van der Waals surface area contributed by atoms with Crippen LogP contribution in [0.5, 0.6) is 11.5 Å². The molecule has 0 aliphatic carbocycles. The van der Waals surface area contributed by atoms with Gasteiger partial charge in [-0.25, -0.2) is 4.39 Å². The van der Waals surface area contributed by atoms with Crippen molar-refractivity contribution in [1.82, 2.24) is 5.32 Å². The molecule has 0 aliphatic heterocycles. The topological polar surface area (TPSA) is 30.5 Å². The Labute approximate surface area is 189 Å². The molecule has 0 saturated heterocycles. The van der Waals surface area contributed by atoms with Crippen LogP contribution in [0.15, 0.2) is 30.3 Å². The van der Waals surface area contributed by atoms with E-state index in [0.717, 1.165) is 18.7 Å². The average molecular weight is 456 g/mol. The molecule has 2 rings (SSSR count). The first kappa shape index (κ1) is 24.8. The van der Waals surface area contributed by atoms with Gasteiger partial charge in [0.2, 0.25) is 0 Å². The van der Waals surface area contributed by atoms with Crippen molar-refractivity contribution in [2.24, 2.45) is 0 Å². The summed E-state index contributed by atoms with van der Waals surface area (Å²) in [6, 6.07) is 8.07. The third-order valence-corrected chi connectivity index (χ3v) is 5.43. The molecule has 2 aromatic carbocycles. The lowest BCUT2D eigenvalue weighted by Gasteiger charge is -2.16. The van der Waals surface area contributed by atoms with Crippen LogP contribution in [-0.4, -0.2) is 13.2 Å². The Bertz CT molecular complexity index is 786. The summed E-state index contributed by atoms with van der Waals surface area (Å²) in [5.74, 6) is 0.688. The van der Waals surface area contributed by atoms with Crippen molar-refractivity contribution in [2.45, 2.75) is 65.5 Å². The van der Waals surface area contributed by atoms with Crippen LogP contribution in [0.2, 0.25) is 10.0 Å². The third kappa shape index (κ3) is 8.33. The molecule has 0 aromatic heterocycles. The number of nitrogens with one attached hydrogen (secondary N) is 1. The largest absolute Gasteiger partial charge is 0.490 e. The van der Waals surface area contributed by atoms with E-state index >= 15 is 0 Å². The molecule has 166 valence electrons. The Balaban J connectivity index is 1.92. The van der Waals surface area contributed by atoms with Gasteiger partial charge in [0, 0.05) is 12.1 Å². The zero-order valence-electron chi connectivity index (χ0n) is 17.9. The number of hydrogen-bond acceptors (Lipinski definition) is 3. The Hall–Kier alpha value is -1.49. The van der Waals surface area contributed by atoms with Gasteiger partial charge in [0.15, 0.2) is 11.5 Å². The molecule has 0 atom stereocenters. The van der Waals surface area contributed by atoms with Gasteiger partial charge in [-0.05, 0) is 49.7 Å². The van der Waals surface area contributed by atoms with E-state index in [4.69, 9.17) is 32.7 Å². The monoisotopic (exact) mass is 455 g/mol. The summed E-state index contributed by atoms with van der Waals surface area (Å²) >= 11 is 12.6. The molecule has 0 aliphatic rings. The molecule has 2 aromatic rings. The molecule has 0 heterocycles. The highest BCUT2D eigenvalue weighted by Gasteiger charge is 2.14. The van der Waals surface area contributed by atoms with Gasteiger partial charge in [-0.15, -0.1) is 0 Å². The summed E-state index contributed by atoms with van der Waals surface area (Å²) in [7, 11) is 0.